The molecule has 228 valence electrons. The molecule has 0 radical (unpaired) electrons. The summed E-state index contributed by atoms with van der Waals surface area (Å²) in [6.45, 7) is 3.84. The Morgan fingerprint density at radius 3 is 2.31 bits per heavy atom. The number of nitrogens with two attached hydrogens (primary N) is 1. The van der Waals surface area contributed by atoms with Crippen LogP contribution in [-0.4, -0.2) is 57.3 Å². The predicted octanol–water partition coefficient (Wildman–Crippen LogP) is 5.03. The summed E-state index contributed by atoms with van der Waals surface area (Å²) < 4.78 is 14.1. The maximum absolute atomic E-state index is 13.0. The number of amides is 1. The minimum Gasteiger partial charge on any atom is -0.490 e. The Bertz CT molecular complexity index is 1370. The first kappa shape index (κ1) is 33.0. The van der Waals surface area contributed by atoms with Crippen LogP contribution in [-0.2, 0) is 17.9 Å². The molecular formula is C30H41Cl2N7O3. The zero-order chi connectivity index (χ0) is 28.1. The topological polar surface area (TPSA) is 142 Å². The number of hydrogen-bond acceptors (Lipinski definition) is 6. The van der Waals surface area contributed by atoms with E-state index in [1.165, 1.54) is 6.42 Å². The van der Waals surface area contributed by atoms with Gasteiger partial charge in [-0.25, -0.2) is 4.98 Å². The number of carbonyl (C=O) groups is 1. The molecule has 1 saturated heterocycles. The summed E-state index contributed by atoms with van der Waals surface area (Å²) in [6, 6.07) is 13.2. The second-order valence-corrected chi connectivity index (χ2v) is 10.8. The number of likely N-dealkylation sites (tertiary alicyclic amines) is 1. The van der Waals surface area contributed by atoms with Crippen LogP contribution in [0.15, 0.2) is 42.5 Å². The maximum atomic E-state index is 13.0. The second kappa shape index (κ2) is 15.1. The van der Waals surface area contributed by atoms with Crippen molar-refractivity contribution in [1.82, 2.24) is 19.8 Å². The largest absolute Gasteiger partial charge is 0.490 e. The van der Waals surface area contributed by atoms with Gasteiger partial charge >= 0.3 is 0 Å². The lowest BCUT2D eigenvalue weighted by molar-refractivity contribution is -0.122. The second-order valence-electron chi connectivity index (χ2n) is 10.8. The molecule has 3 aromatic rings. The average Bonchev–Trinajstić information content (AvgIpc) is 3.29. The Morgan fingerprint density at radius 1 is 1.00 bits per heavy atom. The van der Waals surface area contributed by atoms with Crippen LogP contribution in [0.1, 0.15) is 63.3 Å². The predicted molar refractivity (Wildman–Crippen MR) is 170 cm³/mol. The minimum atomic E-state index is -0.0359. The number of benzene rings is 2. The maximum Gasteiger partial charge on any atom is 0.240 e. The van der Waals surface area contributed by atoms with E-state index in [1.54, 1.807) is 12.1 Å². The average molecular weight is 619 g/mol. The van der Waals surface area contributed by atoms with Gasteiger partial charge in [-0.05, 0) is 62.2 Å². The summed E-state index contributed by atoms with van der Waals surface area (Å²) in [5, 5.41) is 18.8. The highest BCUT2D eigenvalue weighted by atomic mass is 35.5. The van der Waals surface area contributed by atoms with Crippen LogP contribution in [0.5, 0.6) is 11.5 Å². The molecule has 0 unspecified atom stereocenters. The van der Waals surface area contributed by atoms with Gasteiger partial charge in [0.2, 0.25) is 5.91 Å². The highest BCUT2D eigenvalue weighted by molar-refractivity contribution is 5.98. The molecule has 2 fully saturated rings. The molecule has 2 heterocycles. The van der Waals surface area contributed by atoms with Crippen molar-refractivity contribution < 1.29 is 14.3 Å². The van der Waals surface area contributed by atoms with Gasteiger partial charge in [-0.1, -0.05) is 19.3 Å². The van der Waals surface area contributed by atoms with Gasteiger partial charge in [0, 0.05) is 37.5 Å². The number of nitrogens with zero attached hydrogens (tertiary/aromatic N) is 3. The number of piperidine rings is 1. The lowest BCUT2D eigenvalue weighted by atomic mass is 9.95. The Kier molecular flexibility index (Phi) is 11.9. The van der Waals surface area contributed by atoms with E-state index in [1.807, 2.05) is 41.8 Å². The molecule has 1 amide bonds. The lowest BCUT2D eigenvalue weighted by Crippen LogP contribution is -2.40. The monoisotopic (exact) mass is 617 g/mol. The number of nitrogens with one attached hydrogen (secondary N) is 3. The number of amidine groups is 2. The van der Waals surface area contributed by atoms with Gasteiger partial charge < -0.3 is 30.0 Å². The van der Waals surface area contributed by atoms with E-state index in [2.05, 4.69) is 10.2 Å². The molecule has 12 heteroatoms. The van der Waals surface area contributed by atoms with E-state index in [0.717, 1.165) is 62.9 Å². The highest BCUT2D eigenvalue weighted by Gasteiger charge is 2.21. The van der Waals surface area contributed by atoms with Crippen molar-refractivity contribution in [3.8, 4) is 11.5 Å². The van der Waals surface area contributed by atoms with E-state index in [4.69, 9.17) is 31.0 Å². The number of aromatic nitrogens is 2. The molecule has 0 bridgehead atoms. The summed E-state index contributed by atoms with van der Waals surface area (Å²) in [4.78, 5) is 19.8. The summed E-state index contributed by atoms with van der Waals surface area (Å²) in [7, 11) is 0. The number of hydrogen-bond donors (Lipinski definition) is 4. The standard InChI is InChI=1S/C30H39N7O3.2ClH/c1-20(31)36-15-13-25(14-16-36)40-24-10-8-23(9-11-24)39-19-28-35-26-17-21(30(32)33)7-12-27(26)37(28)18-29(38)34-22-5-3-2-4-6-22;;/h7-12,17,22,25,31H,2-6,13-16,18-19H2,1H3,(H3,32,33)(H,34,38);2*1H. The lowest BCUT2D eigenvalue weighted by Gasteiger charge is -2.32. The van der Waals surface area contributed by atoms with Crippen molar-refractivity contribution in [3.63, 3.8) is 0 Å². The first-order valence-electron chi connectivity index (χ1n) is 14.2. The molecular weight excluding hydrogens is 577 g/mol. The number of halogens is 2. The third-order valence-electron chi connectivity index (χ3n) is 7.82. The summed E-state index contributed by atoms with van der Waals surface area (Å²) in [6.07, 6.45) is 7.51. The van der Waals surface area contributed by atoms with Gasteiger partial charge in [-0.15, -0.1) is 24.8 Å². The van der Waals surface area contributed by atoms with E-state index in [9.17, 15) is 4.79 Å². The van der Waals surface area contributed by atoms with Gasteiger partial charge in [-0.3, -0.25) is 15.6 Å². The van der Waals surface area contributed by atoms with Crippen LogP contribution < -0.4 is 20.5 Å². The van der Waals surface area contributed by atoms with E-state index in [-0.39, 0.29) is 61.9 Å². The fourth-order valence-electron chi connectivity index (χ4n) is 5.56. The molecule has 5 N–H and O–H groups in total. The highest BCUT2D eigenvalue weighted by Crippen LogP contribution is 2.24. The van der Waals surface area contributed by atoms with Gasteiger partial charge in [-0.2, -0.15) is 0 Å². The molecule has 1 aliphatic heterocycles. The number of rotatable bonds is 9. The van der Waals surface area contributed by atoms with Crippen molar-refractivity contribution >= 4 is 53.4 Å². The Hall–Kier alpha value is -3.50. The normalized spacial score (nSPS) is 15.8. The Balaban J connectivity index is 0.00000242. The molecule has 1 aliphatic carbocycles. The van der Waals surface area contributed by atoms with Gasteiger partial charge in [0.15, 0.2) is 0 Å². The summed E-state index contributed by atoms with van der Waals surface area (Å²) in [5.74, 6) is 2.64. The van der Waals surface area contributed by atoms with Crippen molar-refractivity contribution in [2.45, 2.75) is 77.2 Å². The molecule has 5 rings (SSSR count). The molecule has 42 heavy (non-hydrogen) atoms. The minimum absolute atomic E-state index is 0. The Labute approximate surface area is 259 Å². The molecule has 1 aromatic heterocycles. The first-order chi connectivity index (χ1) is 19.4. The van der Waals surface area contributed by atoms with Crippen LogP contribution in [0.4, 0.5) is 0 Å². The van der Waals surface area contributed by atoms with Gasteiger partial charge in [0.05, 0.1) is 16.9 Å². The van der Waals surface area contributed by atoms with Crippen LogP contribution in [0.25, 0.3) is 11.0 Å². The Morgan fingerprint density at radius 2 is 1.67 bits per heavy atom. The molecule has 0 spiro atoms. The van der Waals surface area contributed by atoms with E-state index in [0.29, 0.717) is 28.5 Å². The van der Waals surface area contributed by atoms with Crippen LogP contribution >= 0.6 is 24.8 Å². The first-order valence-corrected chi connectivity index (χ1v) is 14.2. The molecule has 10 nitrogen and oxygen atoms in total. The number of ether oxygens (including phenoxy) is 2. The summed E-state index contributed by atoms with van der Waals surface area (Å²) >= 11 is 0. The quantitative estimate of drug-likeness (QED) is 0.196. The van der Waals surface area contributed by atoms with Crippen molar-refractivity contribution in [1.29, 1.82) is 10.8 Å². The van der Waals surface area contributed by atoms with E-state index >= 15 is 0 Å². The van der Waals surface area contributed by atoms with E-state index < -0.39 is 0 Å². The fourth-order valence-corrected chi connectivity index (χ4v) is 5.56. The van der Waals surface area contributed by atoms with Crippen molar-refractivity contribution in [2.24, 2.45) is 5.73 Å². The fraction of sp³-hybridized carbons (Fsp3) is 0.467. The molecule has 1 saturated carbocycles. The molecule has 2 aliphatic rings. The number of imidazole rings is 1. The number of fused-ring (bicyclic) bond motifs is 1. The van der Waals surface area contributed by atoms with Crippen LogP contribution in [0.3, 0.4) is 0 Å². The number of nitrogen functional groups attached to an aromatic ring is 1. The smallest absolute Gasteiger partial charge is 0.240 e. The van der Waals surface area contributed by atoms with Crippen LogP contribution in [0, 0.1) is 10.8 Å². The van der Waals surface area contributed by atoms with Crippen molar-refractivity contribution in [3.05, 3.63) is 53.9 Å². The van der Waals surface area contributed by atoms with Gasteiger partial charge in [0.25, 0.3) is 0 Å². The van der Waals surface area contributed by atoms with Gasteiger partial charge in [0.1, 0.15) is 42.4 Å². The zero-order valence-electron chi connectivity index (χ0n) is 23.9. The summed E-state index contributed by atoms with van der Waals surface area (Å²) in [5.41, 5.74) is 7.76. The third-order valence-corrected chi connectivity index (χ3v) is 7.82. The molecule has 2 aromatic carbocycles. The van der Waals surface area contributed by atoms with Crippen LogP contribution in [0.2, 0.25) is 0 Å². The van der Waals surface area contributed by atoms with Crippen molar-refractivity contribution in [2.75, 3.05) is 13.1 Å². The zero-order valence-corrected chi connectivity index (χ0v) is 25.6. The third kappa shape index (κ3) is 8.29. The number of carbonyl (C=O) groups excluding carboxylic acids is 1. The molecule has 0 atom stereocenters. The SMILES string of the molecule is CC(=N)N1CCC(Oc2ccc(OCc3nc4cc(C(=N)N)ccc4n3CC(=O)NC3CCCCC3)cc2)CC1.Cl.Cl.